The summed E-state index contributed by atoms with van der Waals surface area (Å²) < 4.78 is 0. The Hall–Kier alpha value is -0.570. The minimum Gasteiger partial charge on any atom is -0.392 e. The Balaban J connectivity index is 3.52. The zero-order valence-electron chi connectivity index (χ0n) is 7.42. The maximum absolute atomic E-state index is 11.1. The van der Waals surface area contributed by atoms with Gasteiger partial charge in [0.25, 0.3) is 0 Å². The molecule has 0 fully saturated rings. The molecule has 0 aromatic carbocycles. The molecule has 0 heterocycles. The average Bonchev–Trinajstić information content (AvgIpc) is 1.98. The van der Waals surface area contributed by atoms with Crippen molar-refractivity contribution in [1.82, 2.24) is 5.32 Å². The van der Waals surface area contributed by atoms with E-state index in [9.17, 15) is 4.79 Å². The van der Waals surface area contributed by atoms with Crippen LogP contribution in [0.5, 0.6) is 0 Å². The Kier molecular flexibility index (Phi) is 4.86. The van der Waals surface area contributed by atoms with Crippen molar-refractivity contribution in [3.63, 3.8) is 0 Å². The number of carbonyl (C=O) groups is 1. The molecule has 0 saturated heterocycles. The molecule has 1 amide bonds. The van der Waals surface area contributed by atoms with Gasteiger partial charge in [-0.25, -0.2) is 0 Å². The third-order valence-electron chi connectivity index (χ3n) is 1.63. The zero-order chi connectivity index (χ0) is 8.85. The monoisotopic (exact) mass is 159 g/mol. The fourth-order valence-electron chi connectivity index (χ4n) is 0.608. The third-order valence-corrected chi connectivity index (χ3v) is 1.63. The molecule has 0 rings (SSSR count). The van der Waals surface area contributed by atoms with Crippen LogP contribution in [0.25, 0.3) is 0 Å². The Bertz CT molecular complexity index is 123. The lowest BCUT2D eigenvalue weighted by Crippen LogP contribution is -2.34. The molecule has 66 valence electrons. The largest absolute Gasteiger partial charge is 0.392 e. The average molecular weight is 159 g/mol. The molecule has 0 saturated carbocycles. The third kappa shape index (κ3) is 4.79. The van der Waals surface area contributed by atoms with Crippen molar-refractivity contribution in [2.75, 3.05) is 6.54 Å². The molecular weight excluding hydrogens is 142 g/mol. The molecule has 0 radical (unpaired) electrons. The quantitative estimate of drug-likeness (QED) is 0.628. The van der Waals surface area contributed by atoms with Crippen molar-refractivity contribution in [1.29, 1.82) is 0 Å². The highest BCUT2D eigenvalue weighted by atomic mass is 16.3. The molecule has 3 nitrogen and oxygen atoms in total. The molecule has 2 atom stereocenters. The summed E-state index contributed by atoms with van der Waals surface area (Å²) in [4.78, 5) is 11.1. The maximum atomic E-state index is 11.1. The first kappa shape index (κ1) is 10.4. The molecule has 0 aromatic heterocycles. The van der Waals surface area contributed by atoms with Gasteiger partial charge in [0, 0.05) is 12.5 Å². The number of rotatable bonds is 4. The van der Waals surface area contributed by atoms with Crippen molar-refractivity contribution in [3.8, 4) is 0 Å². The summed E-state index contributed by atoms with van der Waals surface area (Å²) in [7, 11) is 0. The van der Waals surface area contributed by atoms with Gasteiger partial charge in [0.15, 0.2) is 0 Å². The van der Waals surface area contributed by atoms with Gasteiger partial charge in [-0.05, 0) is 13.3 Å². The molecule has 0 aliphatic carbocycles. The van der Waals surface area contributed by atoms with Crippen molar-refractivity contribution in [2.45, 2.75) is 33.3 Å². The van der Waals surface area contributed by atoms with Crippen LogP contribution in [0, 0.1) is 5.92 Å². The van der Waals surface area contributed by atoms with E-state index < -0.39 is 6.10 Å². The highest BCUT2D eigenvalue weighted by Crippen LogP contribution is 1.99. The lowest BCUT2D eigenvalue weighted by atomic mass is 10.1. The van der Waals surface area contributed by atoms with E-state index in [-0.39, 0.29) is 11.8 Å². The number of aliphatic hydroxyl groups excluding tert-OH is 1. The Labute approximate surface area is 67.8 Å². The Morgan fingerprint density at radius 2 is 2.09 bits per heavy atom. The first-order valence-electron chi connectivity index (χ1n) is 4.03. The van der Waals surface area contributed by atoms with Gasteiger partial charge in [-0.3, -0.25) is 4.79 Å². The van der Waals surface area contributed by atoms with Gasteiger partial charge in [-0.2, -0.15) is 0 Å². The first-order valence-corrected chi connectivity index (χ1v) is 4.03. The SMILES string of the molecule is CCC(C)C(=O)NC[C@H](C)O. The Morgan fingerprint density at radius 1 is 1.55 bits per heavy atom. The molecular formula is C8H17NO2. The Morgan fingerprint density at radius 3 is 2.45 bits per heavy atom. The van der Waals surface area contributed by atoms with Crippen molar-refractivity contribution in [2.24, 2.45) is 5.92 Å². The fourth-order valence-corrected chi connectivity index (χ4v) is 0.608. The number of carbonyl (C=O) groups excluding carboxylic acids is 1. The molecule has 2 N–H and O–H groups in total. The summed E-state index contributed by atoms with van der Waals surface area (Å²) in [6, 6.07) is 0. The van der Waals surface area contributed by atoms with Crippen LogP contribution in [-0.4, -0.2) is 23.7 Å². The molecule has 0 aliphatic rings. The topological polar surface area (TPSA) is 49.3 Å². The van der Waals surface area contributed by atoms with Gasteiger partial charge in [0.2, 0.25) is 5.91 Å². The number of nitrogens with one attached hydrogen (secondary N) is 1. The molecule has 0 aromatic rings. The van der Waals surface area contributed by atoms with Gasteiger partial charge in [0.1, 0.15) is 0 Å². The van der Waals surface area contributed by atoms with E-state index in [1.165, 1.54) is 0 Å². The predicted octanol–water partition coefficient (Wildman–Crippen LogP) is 0.529. The van der Waals surface area contributed by atoms with E-state index in [0.29, 0.717) is 6.54 Å². The first-order chi connectivity index (χ1) is 5.07. The lowest BCUT2D eigenvalue weighted by Gasteiger charge is -2.10. The minimum absolute atomic E-state index is 0.0217. The van der Waals surface area contributed by atoms with Gasteiger partial charge in [-0.1, -0.05) is 13.8 Å². The van der Waals surface area contributed by atoms with Crippen LogP contribution in [0.15, 0.2) is 0 Å². The molecule has 11 heavy (non-hydrogen) atoms. The van der Waals surface area contributed by atoms with Gasteiger partial charge < -0.3 is 10.4 Å². The second-order valence-corrected chi connectivity index (χ2v) is 2.90. The lowest BCUT2D eigenvalue weighted by molar-refractivity contribution is -0.124. The van der Waals surface area contributed by atoms with Crippen LogP contribution in [-0.2, 0) is 4.79 Å². The van der Waals surface area contributed by atoms with E-state index in [1.54, 1.807) is 6.92 Å². The maximum Gasteiger partial charge on any atom is 0.222 e. The van der Waals surface area contributed by atoms with Crippen molar-refractivity contribution < 1.29 is 9.90 Å². The summed E-state index contributed by atoms with van der Waals surface area (Å²) >= 11 is 0. The van der Waals surface area contributed by atoms with Crippen LogP contribution in [0.2, 0.25) is 0 Å². The molecule has 0 spiro atoms. The number of hydrogen-bond donors (Lipinski definition) is 2. The standard InChI is InChI=1S/C8H17NO2/c1-4-6(2)8(11)9-5-7(3)10/h6-7,10H,4-5H2,1-3H3,(H,9,11)/t6?,7-/m0/s1. The van der Waals surface area contributed by atoms with E-state index in [0.717, 1.165) is 6.42 Å². The molecule has 3 heteroatoms. The predicted molar refractivity (Wildman–Crippen MR) is 44.1 cm³/mol. The minimum atomic E-state index is -0.456. The summed E-state index contributed by atoms with van der Waals surface area (Å²) in [6.07, 6.45) is 0.383. The summed E-state index contributed by atoms with van der Waals surface area (Å²) in [5.74, 6) is 0.0714. The zero-order valence-corrected chi connectivity index (χ0v) is 7.42. The molecule has 0 bridgehead atoms. The van der Waals surface area contributed by atoms with Crippen molar-refractivity contribution in [3.05, 3.63) is 0 Å². The second-order valence-electron chi connectivity index (χ2n) is 2.90. The summed E-state index contributed by atoms with van der Waals surface area (Å²) in [5, 5.41) is 11.5. The van der Waals surface area contributed by atoms with Gasteiger partial charge >= 0.3 is 0 Å². The number of hydrogen-bond acceptors (Lipinski definition) is 2. The van der Waals surface area contributed by atoms with E-state index in [4.69, 9.17) is 5.11 Å². The van der Waals surface area contributed by atoms with Crippen molar-refractivity contribution >= 4 is 5.91 Å². The van der Waals surface area contributed by atoms with Gasteiger partial charge in [-0.15, -0.1) is 0 Å². The van der Waals surface area contributed by atoms with Gasteiger partial charge in [0.05, 0.1) is 6.10 Å². The highest BCUT2D eigenvalue weighted by Gasteiger charge is 2.09. The number of aliphatic hydroxyl groups is 1. The molecule has 0 aliphatic heterocycles. The summed E-state index contributed by atoms with van der Waals surface area (Å²) in [5.41, 5.74) is 0. The summed E-state index contributed by atoms with van der Waals surface area (Å²) in [6.45, 7) is 5.84. The van der Waals surface area contributed by atoms with Crippen LogP contribution in [0.3, 0.4) is 0 Å². The van der Waals surface area contributed by atoms with Crippen LogP contribution in [0.4, 0.5) is 0 Å². The highest BCUT2D eigenvalue weighted by molar-refractivity contribution is 5.78. The van der Waals surface area contributed by atoms with E-state index in [1.807, 2.05) is 13.8 Å². The second kappa shape index (κ2) is 5.13. The normalized spacial score (nSPS) is 15.6. The smallest absolute Gasteiger partial charge is 0.222 e. The molecule has 1 unspecified atom stereocenters. The van der Waals surface area contributed by atoms with E-state index in [2.05, 4.69) is 5.32 Å². The fraction of sp³-hybridized carbons (Fsp3) is 0.875. The van der Waals surface area contributed by atoms with E-state index >= 15 is 0 Å². The van der Waals surface area contributed by atoms with Crippen LogP contribution >= 0.6 is 0 Å². The number of amides is 1. The van der Waals surface area contributed by atoms with Crippen LogP contribution < -0.4 is 5.32 Å². The van der Waals surface area contributed by atoms with Crippen LogP contribution in [0.1, 0.15) is 27.2 Å².